The van der Waals surface area contributed by atoms with E-state index in [0.717, 1.165) is 0 Å². The second kappa shape index (κ2) is 3.30. The molecule has 1 radical (unpaired) electrons. The molecule has 0 aromatic heterocycles. The molecule has 1 unspecified atom stereocenters. The molecular formula is C7H12NOS. The van der Waals surface area contributed by atoms with Crippen LogP contribution < -0.4 is 0 Å². The van der Waals surface area contributed by atoms with Crippen molar-refractivity contribution in [2.24, 2.45) is 0 Å². The van der Waals surface area contributed by atoms with E-state index >= 15 is 0 Å². The van der Waals surface area contributed by atoms with Gasteiger partial charge in [0.05, 0.1) is 7.11 Å². The summed E-state index contributed by atoms with van der Waals surface area (Å²) in [6.45, 7) is 4.22. The maximum absolute atomic E-state index is 5.09. The summed E-state index contributed by atoms with van der Waals surface area (Å²) in [4.78, 5) is 5.09. The van der Waals surface area contributed by atoms with Crippen molar-refractivity contribution in [3.63, 3.8) is 0 Å². The SMILES string of the molecule is CON1C=CSC1[C](C)C. The third kappa shape index (κ3) is 1.47. The average molecular weight is 158 g/mol. The predicted octanol–water partition coefficient (Wildman–Crippen LogP) is 2.01. The van der Waals surface area contributed by atoms with E-state index in [-0.39, 0.29) is 0 Å². The highest BCUT2D eigenvalue weighted by Crippen LogP contribution is 2.31. The largest absolute Gasteiger partial charge is 0.276 e. The second-order valence-electron chi connectivity index (χ2n) is 2.39. The van der Waals surface area contributed by atoms with Gasteiger partial charge in [-0.05, 0) is 5.41 Å². The summed E-state index contributed by atoms with van der Waals surface area (Å²) in [6, 6.07) is 0. The Morgan fingerprint density at radius 1 is 1.60 bits per heavy atom. The van der Waals surface area contributed by atoms with Gasteiger partial charge in [0.15, 0.2) is 0 Å². The van der Waals surface area contributed by atoms with Crippen molar-refractivity contribution in [2.75, 3.05) is 7.11 Å². The van der Waals surface area contributed by atoms with Crippen molar-refractivity contribution in [1.29, 1.82) is 0 Å². The van der Waals surface area contributed by atoms with Crippen LogP contribution in [0.1, 0.15) is 13.8 Å². The first-order valence-corrected chi connectivity index (χ1v) is 4.14. The number of hydroxylamine groups is 2. The monoisotopic (exact) mass is 158 g/mol. The van der Waals surface area contributed by atoms with Gasteiger partial charge in [0.1, 0.15) is 5.37 Å². The summed E-state index contributed by atoms with van der Waals surface area (Å²) < 4.78 is 0. The Kier molecular flexibility index (Phi) is 2.63. The first kappa shape index (κ1) is 7.95. The van der Waals surface area contributed by atoms with E-state index in [1.54, 1.807) is 18.9 Å². The van der Waals surface area contributed by atoms with E-state index in [1.807, 2.05) is 16.7 Å². The molecule has 3 heteroatoms. The fourth-order valence-corrected chi connectivity index (χ4v) is 1.74. The van der Waals surface area contributed by atoms with Gasteiger partial charge in [-0.15, -0.1) is 11.8 Å². The summed E-state index contributed by atoms with van der Waals surface area (Å²) in [7, 11) is 1.69. The smallest absolute Gasteiger partial charge is 0.111 e. The molecule has 0 fully saturated rings. The van der Waals surface area contributed by atoms with Crippen LogP contribution in [0.4, 0.5) is 0 Å². The molecule has 0 saturated carbocycles. The highest BCUT2D eigenvalue weighted by Gasteiger charge is 2.23. The summed E-state index contributed by atoms with van der Waals surface area (Å²) in [6.07, 6.45) is 1.95. The third-order valence-corrected chi connectivity index (χ3v) is 2.57. The second-order valence-corrected chi connectivity index (χ2v) is 3.38. The molecule has 1 aliphatic heterocycles. The molecule has 0 bridgehead atoms. The van der Waals surface area contributed by atoms with Crippen molar-refractivity contribution < 1.29 is 4.84 Å². The molecule has 1 aliphatic rings. The van der Waals surface area contributed by atoms with E-state index < -0.39 is 0 Å². The van der Waals surface area contributed by atoms with Gasteiger partial charge in [-0.3, -0.25) is 4.84 Å². The average Bonchev–Trinajstić information content (AvgIpc) is 2.33. The lowest BCUT2D eigenvalue weighted by molar-refractivity contribution is -0.0905. The summed E-state index contributed by atoms with van der Waals surface area (Å²) in [5.74, 6) is 1.36. The minimum absolute atomic E-state index is 0.380. The van der Waals surface area contributed by atoms with Crippen molar-refractivity contribution in [1.82, 2.24) is 5.06 Å². The first-order valence-electron chi connectivity index (χ1n) is 3.20. The maximum atomic E-state index is 5.09. The van der Waals surface area contributed by atoms with Gasteiger partial charge in [-0.2, -0.15) is 0 Å². The van der Waals surface area contributed by atoms with Gasteiger partial charge < -0.3 is 0 Å². The summed E-state index contributed by atoms with van der Waals surface area (Å²) >= 11 is 1.77. The lowest BCUT2D eigenvalue weighted by atomic mass is 10.2. The number of thioether (sulfide) groups is 1. The van der Waals surface area contributed by atoms with E-state index in [9.17, 15) is 0 Å². The number of nitrogens with zero attached hydrogens (tertiary/aromatic N) is 1. The molecular weight excluding hydrogens is 146 g/mol. The lowest BCUT2D eigenvalue weighted by Gasteiger charge is -2.24. The van der Waals surface area contributed by atoms with Crippen LogP contribution in [0.5, 0.6) is 0 Å². The zero-order valence-electron chi connectivity index (χ0n) is 6.50. The fourth-order valence-electron chi connectivity index (χ4n) is 0.855. The molecule has 0 aliphatic carbocycles. The van der Waals surface area contributed by atoms with E-state index in [2.05, 4.69) is 13.8 Å². The van der Waals surface area contributed by atoms with Crippen LogP contribution in [0.25, 0.3) is 0 Å². The molecule has 0 aromatic rings. The Bertz CT molecular complexity index is 136. The zero-order valence-corrected chi connectivity index (χ0v) is 7.31. The Balaban J connectivity index is 2.47. The number of rotatable bonds is 2. The van der Waals surface area contributed by atoms with E-state index in [1.165, 1.54) is 5.92 Å². The van der Waals surface area contributed by atoms with Gasteiger partial charge in [-0.25, -0.2) is 5.06 Å². The fraction of sp³-hybridized carbons (Fsp3) is 0.571. The highest BCUT2D eigenvalue weighted by atomic mass is 32.2. The van der Waals surface area contributed by atoms with Gasteiger partial charge in [0.25, 0.3) is 0 Å². The Labute approximate surface area is 66.2 Å². The number of hydrogen-bond donors (Lipinski definition) is 0. The van der Waals surface area contributed by atoms with Crippen LogP contribution in [0.2, 0.25) is 0 Å². The quantitative estimate of drug-likeness (QED) is 0.610. The van der Waals surface area contributed by atoms with Gasteiger partial charge in [-0.1, -0.05) is 13.8 Å². The van der Waals surface area contributed by atoms with Crippen LogP contribution in [0, 0.1) is 5.92 Å². The minimum atomic E-state index is 0.380. The highest BCUT2D eigenvalue weighted by molar-refractivity contribution is 8.03. The molecule has 0 saturated heterocycles. The third-order valence-electron chi connectivity index (χ3n) is 1.35. The van der Waals surface area contributed by atoms with Crippen LogP contribution in [-0.2, 0) is 4.84 Å². The van der Waals surface area contributed by atoms with E-state index in [0.29, 0.717) is 5.37 Å². The summed E-state index contributed by atoms with van der Waals surface area (Å²) in [5, 5.41) is 4.27. The maximum Gasteiger partial charge on any atom is 0.111 e. The molecule has 57 valence electrons. The molecule has 1 heterocycles. The molecule has 0 spiro atoms. The van der Waals surface area contributed by atoms with Crippen LogP contribution >= 0.6 is 11.8 Å². The normalized spacial score (nSPS) is 24.8. The Morgan fingerprint density at radius 2 is 2.30 bits per heavy atom. The van der Waals surface area contributed by atoms with E-state index in [4.69, 9.17) is 4.84 Å². The molecule has 10 heavy (non-hydrogen) atoms. The number of hydrogen-bond acceptors (Lipinski definition) is 3. The molecule has 0 N–H and O–H groups in total. The molecule has 2 nitrogen and oxygen atoms in total. The van der Waals surface area contributed by atoms with Crippen molar-refractivity contribution in [3.8, 4) is 0 Å². The standard InChI is InChI=1S/C7H12NOS/c1-6(2)7-8(9-3)4-5-10-7/h4-5,7H,1-3H3. The molecule has 0 amide bonds. The van der Waals surface area contributed by atoms with Gasteiger partial charge in [0.2, 0.25) is 0 Å². The van der Waals surface area contributed by atoms with Gasteiger partial charge in [0, 0.05) is 12.1 Å². The molecule has 1 rings (SSSR count). The first-order chi connectivity index (χ1) is 4.75. The molecule has 0 aromatic carbocycles. The van der Waals surface area contributed by atoms with Crippen LogP contribution in [0.3, 0.4) is 0 Å². The Morgan fingerprint density at radius 3 is 2.70 bits per heavy atom. The summed E-state index contributed by atoms with van der Waals surface area (Å²) in [5.41, 5.74) is 0. The van der Waals surface area contributed by atoms with Crippen molar-refractivity contribution in [2.45, 2.75) is 19.2 Å². The molecule has 1 atom stereocenters. The lowest BCUT2D eigenvalue weighted by Crippen LogP contribution is -2.26. The van der Waals surface area contributed by atoms with Crippen molar-refractivity contribution >= 4 is 11.8 Å². The predicted molar refractivity (Wildman–Crippen MR) is 44.0 cm³/mol. The topological polar surface area (TPSA) is 12.5 Å². The van der Waals surface area contributed by atoms with Crippen LogP contribution in [0.15, 0.2) is 11.6 Å². The van der Waals surface area contributed by atoms with Crippen molar-refractivity contribution in [3.05, 3.63) is 17.5 Å². The zero-order chi connectivity index (χ0) is 7.56. The van der Waals surface area contributed by atoms with Crippen LogP contribution in [-0.4, -0.2) is 17.5 Å². The Hall–Kier alpha value is -0.150. The minimum Gasteiger partial charge on any atom is -0.276 e. The van der Waals surface area contributed by atoms with Gasteiger partial charge >= 0.3 is 0 Å².